The van der Waals surface area contributed by atoms with Gasteiger partial charge >= 0.3 is 0 Å². The van der Waals surface area contributed by atoms with Crippen molar-refractivity contribution in [1.82, 2.24) is 0 Å². The minimum atomic E-state index is -1.07. The van der Waals surface area contributed by atoms with Crippen molar-refractivity contribution < 1.29 is 18.3 Å². The number of hydrogen-bond donors (Lipinski definition) is 1. The third kappa shape index (κ3) is 4.19. The second-order valence-corrected chi connectivity index (χ2v) is 4.59. The summed E-state index contributed by atoms with van der Waals surface area (Å²) in [5.74, 6) is -2.31. The number of nitrogens with two attached hydrogens (primary N) is 1. The molecule has 0 bridgehead atoms. The predicted octanol–water partition coefficient (Wildman–Crippen LogP) is 2.74. The van der Waals surface area contributed by atoms with Crippen molar-refractivity contribution in [2.24, 2.45) is 0 Å². The molecule has 17 heavy (non-hydrogen) atoms. The summed E-state index contributed by atoms with van der Waals surface area (Å²) in [5, 5.41) is 0. The molecule has 0 aliphatic rings. The van der Waals surface area contributed by atoms with Crippen LogP contribution in [0.5, 0.6) is 5.75 Å². The van der Waals surface area contributed by atoms with E-state index in [1.54, 1.807) is 0 Å². The zero-order chi connectivity index (χ0) is 13.1. The van der Waals surface area contributed by atoms with Gasteiger partial charge in [-0.15, -0.1) is 0 Å². The third-order valence-electron chi connectivity index (χ3n) is 1.95. The fourth-order valence-corrected chi connectivity index (χ4v) is 1.19. The maximum Gasteiger partial charge on any atom is 0.202 e. The second kappa shape index (κ2) is 5.31. The van der Waals surface area contributed by atoms with E-state index in [0.29, 0.717) is 0 Å². The topological polar surface area (TPSA) is 44.5 Å². The van der Waals surface area contributed by atoms with Crippen LogP contribution in [0.25, 0.3) is 0 Å². The van der Waals surface area contributed by atoms with Crippen molar-refractivity contribution in [1.29, 1.82) is 0 Å². The Morgan fingerprint density at radius 1 is 1.18 bits per heavy atom. The molecule has 0 amide bonds. The summed E-state index contributed by atoms with van der Waals surface area (Å²) < 4.78 is 36.7. The lowest BCUT2D eigenvalue weighted by Crippen LogP contribution is -2.22. The molecule has 0 aromatic heterocycles. The van der Waals surface area contributed by atoms with Gasteiger partial charge in [0.2, 0.25) is 5.82 Å². The zero-order valence-corrected chi connectivity index (χ0v) is 10.2. The van der Waals surface area contributed by atoms with E-state index in [0.717, 1.165) is 6.07 Å². The van der Waals surface area contributed by atoms with Gasteiger partial charge in [-0.3, -0.25) is 0 Å². The lowest BCUT2D eigenvalue weighted by Gasteiger charge is -2.19. The Kier molecular flexibility index (Phi) is 4.28. The fraction of sp³-hybridized carbons (Fsp3) is 0.500. The lowest BCUT2D eigenvalue weighted by molar-refractivity contribution is -0.0166. The fourth-order valence-electron chi connectivity index (χ4n) is 1.19. The molecule has 0 spiro atoms. The van der Waals surface area contributed by atoms with Crippen LogP contribution >= 0.6 is 0 Å². The molecule has 3 nitrogen and oxygen atoms in total. The Balaban J connectivity index is 2.55. The first-order chi connectivity index (χ1) is 7.81. The van der Waals surface area contributed by atoms with Crippen LogP contribution in [0, 0.1) is 11.6 Å². The maximum absolute atomic E-state index is 13.3. The average molecular weight is 245 g/mol. The molecule has 5 heteroatoms. The van der Waals surface area contributed by atoms with E-state index in [1.165, 1.54) is 6.07 Å². The van der Waals surface area contributed by atoms with Crippen LogP contribution in [0.2, 0.25) is 0 Å². The molecule has 1 aromatic carbocycles. The van der Waals surface area contributed by atoms with E-state index in [4.69, 9.17) is 15.2 Å². The minimum absolute atomic E-state index is 0.0691. The van der Waals surface area contributed by atoms with Gasteiger partial charge in [-0.2, -0.15) is 4.39 Å². The third-order valence-corrected chi connectivity index (χ3v) is 1.95. The highest BCUT2D eigenvalue weighted by molar-refractivity contribution is 5.53. The summed E-state index contributed by atoms with van der Waals surface area (Å²) in [6.07, 6.45) is 0. The van der Waals surface area contributed by atoms with Gasteiger partial charge in [0.15, 0.2) is 11.6 Å². The SMILES string of the molecule is CC(C)(C)OCCOc1c(N)ccc(F)c1F. The number of hydrogen-bond acceptors (Lipinski definition) is 3. The highest BCUT2D eigenvalue weighted by Crippen LogP contribution is 2.27. The molecule has 0 aliphatic heterocycles. The molecule has 0 fully saturated rings. The van der Waals surface area contributed by atoms with Crippen LogP contribution in [-0.4, -0.2) is 18.8 Å². The first-order valence-corrected chi connectivity index (χ1v) is 5.31. The summed E-state index contributed by atoms with van der Waals surface area (Å²) in [6, 6.07) is 2.22. The van der Waals surface area contributed by atoms with Crippen molar-refractivity contribution >= 4 is 5.69 Å². The van der Waals surface area contributed by atoms with Gasteiger partial charge in [-0.25, -0.2) is 4.39 Å². The van der Waals surface area contributed by atoms with Crippen molar-refractivity contribution in [3.63, 3.8) is 0 Å². The van der Waals surface area contributed by atoms with E-state index < -0.39 is 11.6 Å². The summed E-state index contributed by atoms with van der Waals surface area (Å²) in [6.45, 7) is 6.07. The number of anilines is 1. The standard InChI is InChI=1S/C12H17F2NO2/c1-12(2,3)17-7-6-16-11-9(15)5-4-8(13)10(11)14/h4-5H,6-7,15H2,1-3H3. The summed E-state index contributed by atoms with van der Waals surface area (Å²) >= 11 is 0. The van der Waals surface area contributed by atoms with E-state index in [2.05, 4.69) is 0 Å². The van der Waals surface area contributed by atoms with E-state index in [9.17, 15) is 8.78 Å². The summed E-state index contributed by atoms with van der Waals surface area (Å²) in [5.41, 5.74) is 5.26. The smallest absolute Gasteiger partial charge is 0.202 e. The van der Waals surface area contributed by atoms with Crippen molar-refractivity contribution in [3.8, 4) is 5.75 Å². The van der Waals surface area contributed by atoms with Gasteiger partial charge in [-0.1, -0.05) is 0 Å². The van der Waals surface area contributed by atoms with Gasteiger partial charge in [0.1, 0.15) is 6.61 Å². The monoisotopic (exact) mass is 245 g/mol. The Morgan fingerprint density at radius 3 is 2.41 bits per heavy atom. The molecule has 0 unspecified atom stereocenters. The number of nitrogen functional groups attached to an aromatic ring is 1. The van der Waals surface area contributed by atoms with E-state index in [-0.39, 0.29) is 30.3 Å². The number of rotatable bonds is 4. The number of halogens is 2. The van der Waals surface area contributed by atoms with Crippen LogP contribution in [-0.2, 0) is 4.74 Å². The van der Waals surface area contributed by atoms with Crippen molar-refractivity contribution in [2.75, 3.05) is 18.9 Å². The van der Waals surface area contributed by atoms with Gasteiger partial charge < -0.3 is 15.2 Å². The Labute approximate surface area is 99.5 Å². The lowest BCUT2D eigenvalue weighted by atomic mass is 10.2. The quantitative estimate of drug-likeness (QED) is 0.655. The molecule has 0 radical (unpaired) electrons. The molecule has 2 N–H and O–H groups in total. The van der Waals surface area contributed by atoms with Gasteiger partial charge in [0, 0.05) is 0 Å². The summed E-state index contributed by atoms with van der Waals surface area (Å²) in [7, 11) is 0. The van der Waals surface area contributed by atoms with Gasteiger partial charge in [0.05, 0.1) is 17.9 Å². The second-order valence-electron chi connectivity index (χ2n) is 4.59. The van der Waals surface area contributed by atoms with Crippen LogP contribution < -0.4 is 10.5 Å². The Hall–Kier alpha value is -1.36. The van der Waals surface area contributed by atoms with Crippen LogP contribution in [0.1, 0.15) is 20.8 Å². The van der Waals surface area contributed by atoms with E-state index in [1.807, 2.05) is 20.8 Å². The Bertz CT molecular complexity index is 389. The molecule has 0 heterocycles. The molecule has 0 atom stereocenters. The first kappa shape index (κ1) is 13.7. The molecule has 96 valence electrons. The number of ether oxygens (including phenoxy) is 2. The number of benzene rings is 1. The largest absolute Gasteiger partial charge is 0.486 e. The molecular formula is C12H17F2NO2. The average Bonchev–Trinajstić information content (AvgIpc) is 2.21. The predicted molar refractivity (Wildman–Crippen MR) is 62.0 cm³/mol. The Morgan fingerprint density at radius 2 is 1.82 bits per heavy atom. The van der Waals surface area contributed by atoms with Crippen molar-refractivity contribution in [2.45, 2.75) is 26.4 Å². The first-order valence-electron chi connectivity index (χ1n) is 5.31. The molecule has 0 saturated heterocycles. The molecule has 0 aliphatic carbocycles. The van der Waals surface area contributed by atoms with Gasteiger partial charge in [0.25, 0.3) is 0 Å². The molecular weight excluding hydrogens is 228 g/mol. The van der Waals surface area contributed by atoms with Crippen LogP contribution in [0.4, 0.5) is 14.5 Å². The molecule has 1 aromatic rings. The van der Waals surface area contributed by atoms with Gasteiger partial charge in [-0.05, 0) is 32.9 Å². The molecule has 1 rings (SSSR count). The highest BCUT2D eigenvalue weighted by atomic mass is 19.2. The maximum atomic E-state index is 13.3. The zero-order valence-electron chi connectivity index (χ0n) is 10.2. The minimum Gasteiger partial charge on any atom is -0.486 e. The molecule has 0 saturated carbocycles. The summed E-state index contributed by atoms with van der Waals surface area (Å²) in [4.78, 5) is 0. The van der Waals surface area contributed by atoms with Crippen molar-refractivity contribution in [3.05, 3.63) is 23.8 Å². The van der Waals surface area contributed by atoms with Crippen LogP contribution in [0.15, 0.2) is 12.1 Å². The normalized spacial score (nSPS) is 11.6. The van der Waals surface area contributed by atoms with E-state index >= 15 is 0 Å². The highest BCUT2D eigenvalue weighted by Gasteiger charge is 2.14. The van der Waals surface area contributed by atoms with Crippen LogP contribution in [0.3, 0.4) is 0 Å².